The van der Waals surface area contributed by atoms with Gasteiger partial charge in [-0.2, -0.15) is 11.3 Å². The summed E-state index contributed by atoms with van der Waals surface area (Å²) in [6, 6.07) is 9.98. The van der Waals surface area contributed by atoms with Crippen LogP contribution >= 0.6 is 11.3 Å². The molecule has 7 nitrogen and oxygen atoms in total. The van der Waals surface area contributed by atoms with Crippen LogP contribution in [-0.4, -0.2) is 62.7 Å². The van der Waals surface area contributed by atoms with Crippen LogP contribution < -0.4 is 15.4 Å². The second-order valence-corrected chi connectivity index (χ2v) is 8.07. The maximum atomic E-state index is 12.0. The average Bonchev–Trinajstić information content (AvgIpc) is 3.32. The molecule has 0 bridgehead atoms. The normalized spacial score (nSPS) is 14.5. The Morgan fingerprint density at radius 3 is 2.83 bits per heavy atom. The third-order valence-electron chi connectivity index (χ3n) is 5.11. The van der Waals surface area contributed by atoms with Crippen molar-refractivity contribution in [2.45, 2.75) is 25.4 Å². The quantitative estimate of drug-likeness (QED) is 0.603. The van der Waals surface area contributed by atoms with Crippen molar-refractivity contribution in [2.75, 3.05) is 40.0 Å². The maximum Gasteiger partial charge on any atom is 0.252 e. The van der Waals surface area contributed by atoms with Crippen LogP contribution in [0.5, 0.6) is 5.75 Å². The van der Waals surface area contributed by atoms with Crippen molar-refractivity contribution < 1.29 is 19.1 Å². The van der Waals surface area contributed by atoms with Gasteiger partial charge in [-0.1, -0.05) is 12.1 Å². The predicted octanol–water partition coefficient (Wildman–Crippen LogP) is 2.28. The third-order valence-corrected chi connectivity index (χ3v) is 5.79. The van der Waals surface area contributed by atoms with E-state index in [1.807, 2.05) is 29.6 Å². The number of benzene rings is 1. The molecule has 2 heterocycles. The lowest BCUT2D eigenvalue weighted by molar-refractivity contribution is -0.120. The summed E-state index contributed by atoms with van der Waals surface area (Å²) in [4.78, 5) is 26.2. The number of hydrogen-bond donors (Lipinski definition) is 2. The first kappa shape index (κ1) is 22.3. The van der Waals surface area contributed by atoms with Gasteiger partial charge in [0.25, 0.3) is 5.91 Å². The zero-order valence-corrected chi connectivity index (χ0v) is 18.1. The molecular weight excluding hydrogens is 402 g/mol. The second-order valence-electron chi connectivity index (χ2n) is 7.29. The monoisotopic (exact) mass is 431 g/mol. The van der Waals surface area contributed by atoms with Crippen molar-refractivity contribution in [1.82, 2.24) is 15.5 Å². The van der Waals surface area contributed by atoms with Crippen LogP contribution in [-0.2, 0) is 16.1 Å². The summed E-state index contributed by atoms with van der Waals surface area (Å²) >= 11 is 1.44. The fourth-order valence-corrected chi connectivity index (χ4v) is 3.92. The summed E-state index contributed by atoms with van der Waals surface area (Å²) in [5.74, 6) is 0.309. The molecule has 0 saturated carbocycles. The van der Waals surface area contributed by atoms with E-state index in [9.17, 15) is 9.59 Å². The molecule has 0 unspecified atom stereocenters. The van der Waals surface area contributed by atoms with Gasteiger partial charge in [0.2, 0.25) is 5.91 Å². The topological polar surface area (TPSA) is 79.9 Å². The number of nitrogens with one attached hydrogen (secondary N) is 2. The van der Waals surface area contributed by atoms with Gasteiger partial charge < -0.3 is 20.1 Å². The molecule has 1 saturated heterocycles. The highest BCUT2D eigenvalue weighted by molar-refractivity contribution is 7.08. The van der Waals surface area contributed by atoms with E-state index in [1.165, 1.54) is 11.3 Å². The smallest absolute Gasteiger partial charge is 0.252 e. The number of carbonyl (C=O) groups is 2. The highest BCUT2D eigenvalue weighted by atomic mass is 32.1. The Kier molecular flexibility index (Phi) is 8.67. The molecule has 162 valence electrons. The Morgan fingerprint density at radius 1 is 1.23 bits per heavy atom. The van der Waals surface area contributed by atoms with Crippen molar-refractivity contribution in [3.05, 3.63) is 52.2 Å². The molecule has 2 N–H and O–H groups in total. The summed E-state index contributed by atoms with van der Waals surface area (Å²) in [6.07, 6.45) is 2.14. The molecule has 1 aliphatic rings. The maximum absolute atomic E-state index is 12.0. The molecule has 1 aromatic carbocycles. The zero-order valence-electron chi connectivity index (χ0n) is 17.3. The molecule has 2 amide bonds. The standard InChI is InChI=1S/C22H29N3O4S/c1-25(19-5-9-28-10-6-19)8-11-29-20-4-2-3-17(13-20)14-23-21(26)15-24-22(27)18-7-12-30-16-18/h2-4,7,12-13,16,19H,5-6,8-11,14-15H2,1H3,(H,23,26)(H,24,27). The highest BCUT2D eigenvalue weighted by Crippen LogP contribution is 2.15. The Bertz CT molecular complexity index is 806. The van der Waals surface area contributed by atoms with Crippen LogP contribution in [0.15, 0.2) is 41.1 Å². The number of nitrogens with zero attached hydrogens (tertiary/aromatic N) is 1. The molecule has 8 heteroatoms. The summed E-state index contributed by atoms with van der Waals surface area (Å²) in [7, 11) is 2.13. The Labute approximate surface area is 181 Å². The summed E-state index contributed by atoms with van der Waals surface area (Å²) < 4.78 is 11.3. The van der Waals surface area contributed by atoms with Crippen LogP contribution in [0.2, 0.25) is 0 Å². The minimum absolute atomic E-state index is 0.0522. The van der Waals surface area contributed by atoms with Gasteiger partial charge in [0.05, 0.1) is 6.54 Å². The van der Waals surface area contributed by atoms with E-state index < -0.39 is 0 Å². The number of thiophene rings is 1. The van der Waals surface area contributed by atoms with Crippen LogP contribution in [0.1, 0.15) is 28.8 Å². The molecule has 0 radical (unpaired) electrons. The van der Waals surface area contributed by atoms with Crippen LogP contribution in [0, 0.1) is 0 Å². The average molecular weight is 432 g/mol. The molecule has 0 aliphatic carbocycles. The second kappa shape index (κ2) is 11.7. The largest absolute Gasteiger partial charge is 0.492 e. The van der Waals surface area contributed by atoms with E-state index in [4.69, 9.17) is 9.47 Å². The first-order chi connectivity index (χ1) is 14.6. The van der Waals surface area contributed by atoms with Crippen molar-refractivity contribution in [1.29, 1.82) is 0 Å². The van der Waals surface area contributed by atoms with Gasteiger partial charge >= 0.3 is 0 Å². The first-order valence-corrected chi connectivity index (χ1v) is 11.1. The minimum atomic E-state index is -0.243. The number of hydrogen-bond acceptors (Lipinski definition) is 6. The van der Waals surface area contributed by atoms with Crippen molar-refractivity contribution in [2.24, 2.45) is 0 Å². The highest BCUT2D eigenvalue weighted by Gasteiger charge is 2.18. The fourth-order valence-electron chi connectivity index (χ4n) is 3.28. The Hall–Kier alpha value is -2.42. The molecule has 1 aliphatic heterocycles. The Morgan fingerprint density at radius 2 is 2.07 bits per heavy atom. The van der Waals surface area contributed by atoms with E-state index >= 15 is 0 Å². The lowest BCUT2D eigenvalue weighted by Gasteiger charge is -2.31. The van der Waals surface area contributed by atoms with Gasteiger partial charge in [0.15, 0.2) is 0 Å². The number of ether oxygens (including phenoxy) is 2. The molecule has 1 aromatic heterocycles. The van der Waals surface area contributed by atoms with Crippen molar-refractivity contribution >= 4 is 23.2 Å². The number of rotatable bonds is 10. The predicted molar refractivity (Wildman–Crippen MR) is 117 cm³/mol. The zero-order chi connectivity index (χ0) is 21.2. The molecular formula is C22H29N3O4S. The van der Waals surface area contributed by atoms with E-state index in [0.29, 0.717) is 24.8 Å². The van der Waals surface area contributed by atoms with Crippen LogP contribution in [0.3, 0.4) is 0 Å². The summed E-state index contributed by atoms with van der Waals surface area (Å²) in [5, 5.41) is 9.01. The molecule has 3 rings (SSSR count). The van der Waals surface area contributed by atoms with Crippen molar-refractivity contribution in [3.63, 3.8) is 0 Å². The van der Waals surface area contributed by atoms with E-state index in [-0.39, 0.29) is 18.4 Å². The summed E-state index contributed by atoms with van der Waals surface area (Å²) in [6.45, 7) is 3.46. The van der Waals surface area contributed by atoms with Crippen LogP contribution in [0.25, 0.3) is 0 Å². The number of amides is 2. The third kappa shape index (κ3) is 7.12. The van der Waals surface area contributed by atoms with E-state index in [1.54, 1.807) is 11.4 Å². The molecule has 30 heavy (non-hydrogen) atoms. The van der Waals surface area contributed by atoms with Gasteiger partial charge in [-0.25, -0.2) is 0 Å². The Balaban J connectivity index is 1.36. The fraction of sp³-hybridized carbons (Fsp3) is 0.455. The molecule has 2 aromatic rings. The molecule has 0 spiro atoms. The van der Waals surface area contributed by atoms with Gasteiger partial charge in [-0.15, -0.1) is 0 Å². The number of carbonyl (C=O) groups excluding carboxylic acids is 2. The first-order valence-electron chi connectivity index (χ1n) is 10.2. The number of likely N-dealkylation sites (N-methyl/N-ethyl adjacent to an activating group) is 1. The molecule has 0 atom stereocenters. The van der Waals surface area contributed by atoms with E-state index in [0.717, 1.165) is 43.9 Å². The van der Waals surface area contributed by atoms with Crippen molar-refractivity contribution in [3.8, 4) is 5.75 Å². The van der Waals surface area contributed by atoms with Gasteiger partial charge in [0.1, 0.15) is 12.4 Å². The van der Waals surface area contributed by atoms with Gasteiger partial charge in [-0.3, -0.25) is 14.5 Å². The molecule has 1 fully saturated rings. The van der Waals surface area contributed by atoms with Crippen LogP contribution in [0.4, 0.5) is 0 Å². The lowest BCUT2D eigenvalue weighted by atomic mass is 10.1. The summed E-state index contributed by atoms with van der Waals surface area (Å²) in [5.41, 5.74) is 1.52. The SMILES string of the molecule is CN(CCOc1cccc(CNC(=O)CNC(=O)c2ccsc2)c1)C1CCOCC1. The minimum Gasteiger partial charge on any atom is -0.492 e. The van der Waals surface area contributed by atoms with E-state index in [2.05, 4.69) is 22.6 Å². The lowest BCUT2D eigenvalue weighted by Crippen LogP contribution is -2.38. The van der Waals surface area contributed by atoms with Gasteiger partial charge in [0, 0.05) is 43.3 Å². The van der Waals surface area contributed by atoms with Gasteiger partial charge in [-0.05, 0) is 49.0 Å².